The number of halogens is 3. The molecule has 1 amide bonds. The highest BCUT2D eigenvalue weighted by atomic mass is 128. The predicted molar refractivity (Wildman–Crippen MR) is 184 cm³/mol. The van der Waals surface area contributed by atoms with E-state index in [1.54, 1.807) is 12.3 Å². The molecule has 3 atom stereocenters. The normalized spacial score (nSPS) is 18.7. The van der Waals surface area contributed by atoms with Crippen LogP contribution in [0.15, 0.2) is 54.9 Å². The monoisotopic (exact) mass is 869 g/mol. The van der Waals surface area contributed by atoms with Crippen molar-refractivity contribution in [3.63, 3.8) is 0 Å². The molecule has 2 aromatic heterocycles. The standard InChI is InChI=1S/C28H34I3N5O3/c1-18(39-27(3,4)5)13-15-38-26(37)36-24-12-14-32-25(35-24)34-19(2)23-11-10-21(17-33-23)20-8-7-9-22(16-20)28(29)30-31(28)6/h7-12,14,16-19H,6,13,15H2,1-5H3,(H2,32,34,35,36,37)/t18-,19+,28?/m1/s1. The fourth-order valence-electron chi connectivity index (χ4n) is 3.85. The minimum absolute atomic E-state index is 0.0166. The van der Waals surface area contributed by atoms with E-state index >= 15 is 0 Å². The smallest absolute Gasteiger partial charge is 0.412 e. The first kappa shape index (κ1) is 30.5. The lowest BCUT2D eigenvalue weighted by Crippen LogP contribution is -2.27. The van der Waals surface area contributed by atoms with Crippen molar-refractivity contribution in [3.05, 3.63) is 66.1 Å². The first-order chi connectivity index (χ1) is 18.4. The van der Waals surface area contributed by atoms with Crippen LogP contribution < -0.4 is 10.6 Å². The minimum Gasteiger partial charge on any atom is -0.449 e. The lowest BCUT2D eigenvalue weighted by molar-refractivity contribution is -0.0590. The van der Waals surface area contributed by atoms with E-state index in [2.05, 4.69) is 78.0 Å². The molecule has 1 aliphatic rings. The largest absolute Gasteiger partial charge is 0.449 e. The second kappa shape index (κ2) is 13.0. The molecule has 3 aromatic rings. The van der Waals surface area contributed by atoms with Gasteiger partial charge in [0.1, 0.15) is 5.25 Å². The number of nitrogens with one attached hydrogen (secondary N) is 2. The molecule has 2 N–H and O–H groups in total. The van der Waals surface area contributed by atoms with E-state index in [-0.39, 0.29) is 40.9 Å². The van der Waals surface area contributed by atoms with E-state index in [1.165, 1.54) is 11.1 Å². The second-order valence-electron chi connectivity index (χ2n) is 10.1. The van der Waals surface area contributed by atoms with Gasteiger partial charge in [0.05, 0.1) is 30.0 Å². The molecular weight excluding hydrogens is 835 g/mol. The minimum atomic E-state index is -0.940. The van der Waals surface area contributed by atoms with Crippen molar-refractivity contribution in [2.75, 3.05) is 17.2 Å². The summed E-state index contributed by atoms with van der Waals surface area (Å²) in [6.45, 7) is 10.2. The summed E-state index contributed by atoms with van der Waals surface area (Å²) in [6.07, 6.45) is 3.52. The summed E-state index contributed by atoms with van der Waals surface area (Å²) in [5, 5.41) is 5.92. The molecular formula is C28H34I3N5O3. The van der Waals surface area contributed by atoms with Crippen LogP contribution in [-0.4, -0.2) is 43.9 Å². The van der Waals surface area contributed by atoms with Crippen LogP contribution in [0.2, 0.25) is 0 Å². The molecule has 1 unspecified atom stereocenters. The van der Waals surface area contributed by atoms with E-state index in [9.17, 15) is 4.79 Å². The number of carbonyl (C=O) groups is 1. The van der Waals surface area contributed by atoms with Crippen LogP contribution in [0, 0.1) is 0 Å². The van der Waals surface area contributed by atoms with Gasteiger partial charge in [-0.25, -0.2) is 9.78 Å². The Hall–Kier alpha value is -1.46. The number of pyridine rings is 1. The Labute approximate surface area is 255 Å². The van der Waals surface area contributed by atoms with Crippen molar-refractivity contribution in [1.29, 1.82) is 0 Å². The molecule has 11 heteroatoms. The number of hydrogen-bond acceptors (Lipinski definition) is 7. The molecule has 0 aliphatic carbocycles. The van der Waals surface area contributed by atoms with Gasteiger partial charge in [0.15, 0.2) is 0 Å². The summed E-state index contributed by atoms with van der Waals surface area (Å²) in [6, 6.07) is 14.4. The Balaban J connectivity index is 1.30. The zero-order valence-corrected chi connectivity index (χ0v) is 29.1. The Morgan fingerprint density at radius 2 is 1.95 bits per heavy atom. The number of nitrogens with zero attached hydrogens (tertiary/aromatic N) is 3. The number of aromatic nitrogens is 3. The molecule has 4 rings (SSSR count). The molecule has 0 saturated heterocycles. The fourth-order valence-corrected chi connectivity index (χ4v) is 26.4. The first-order valence-corrected chi connectivity index (χ1v) is 23.6. The highest BCUT2D eigenvalue weighted by Crippen LogP contribution is 2.77. The summed E-state index contributed by atoms with van der Waals surface area (Å²) in [7, 11) is 0. The Bertz CT molecular complexity index is 1400. The number of amides is 1. The van der Waals surface area contributed by atoms with E-state index in [1.807, 2.05) is 46.9 Å². The summed E-state index contributed by atoms with van der Waals surface area (Å²) in [5.41, 5.74) is 4.35. The van der Waals surface area contributed by atoms with Crippen molar-refractivity contribution < 1.29 is 14.3 Å². The van der Waals surface area contributed by atoms with Gasteiger partial charge in [0, 0.05) is 24.4 Å². The number of carbonyl (C=O) groups excluding carboxylic acids is 1. The van der Waals surface area contributed by atoms with E-state index in [0.29, 0.717) is 17.6 Å². The quantitative estimate of drug-likeness (QED) is 0.157. The Morgan fingerprint density at radius 3 is 2.62 bits per heavy atom. The molecule has 0 fully saturated rings. The molecule has 1 aliphatic heterocycles. The van der Waals surface area contributed by atoms with Crippen LogP contribution in [0.5, 0.6) is 0 Å². The Morgan fingerprint density at radius 1 is 1.18 bits per heavy atom. The van der Waals surface area contributed by atoms with E-state index in [0.717, 1.165) is 11.3 Å². The maximum Gasteiger partial charge on any atom is 0.412 e. The van der Waals surface area contributed by atoms with Gasteiger partial charge in [-0.05, 0) is 63.9 Å². The molecule has 1 aromatic carbocycles. The van der Waals surface area contributed by atoms with Crippen LogP contribution in [0.4, 0.5) is 16.6 Å². The number of anilines is 2. The second-order valence-corrected chi connectivity index (χ2v) is 32.7. The van der Waals surface area contributed by atoms with Crippen molar-refractivity contribution in [3.8, 4) is 11.1 Å². The number of benzene rings is 1. The SMILES string of the molecule is C=I1=IC1(I)c1cccc(-c2ccc([C@H](C)Nc3nccc(NC(=O)OCC[C@@H](C)OC(C)(C)C)n3)nc2)c1. The lowest BCUT2D eigenvalue weighted by atomic mass is 10.0. The average Bonchev–Trinajstić information content (AvgIpc) is 3.50. The number of hydrogen-bond donors (Lipinski definition) is 2. The van der Waals surface area contributed by atoms with Crippen LogP contribution in [0.1, 0.15) is 58.3 Å². The topological polar surface area (TPSA) is 98.3 Å². The van der Waals surface area contributed by atoms with Gasteiger partial charge in [-0.15, -0.1) is 0 Å². The van der Waals surface area contributed by atoms with Crippen LogP contribution in [0.3, 0.4) is 0 Å². The predicted octanol–water partition coefficient (Wildman–Crippen LogP) is 8.24. The van der Waals surface area contributed by atoms with Gasteiger partial charge in [-0.1, -0.05) is 82.7 Å². The summed E-state index contributed by atoms with van der Waals surface area (Å²) >= 11 is 1.98. The van der Waals surface area contributed by atoms with Gasteiger partial charge in [-0.3, -0.25) is 10.3 Å². The van der Waals surface area contributed by atoms with Gasteiger partial charge >= 0.3 is 6.09 Å². The summed E-state index contributed by atoms with van der Waals surface area (Å²) in [5.74, 6) is 0.740. The summed E-state index contributed by atoms with van der Waals surface area (Å²) < 4.78 is 16.0. The van der Waals surface area contributed by atoms with Crippen LogP contribution >= 0.6 is 53.9 Å². The van der Waals surface area contributed by atoms with E-state index < -0.39 is 20.8 Å². The molecule has 39 heavy (non-hydrogen) atoms. The summed E-state index contributed by atoms with van der Waals surface area (Å²) in [4.78, 5) is 25.6. The molecule has 0 radical (unpaired) electrons. The third-order valence-electron chi connectivity index (χ3n) is 5.71. The fraction of sp³-hybridized carbons (Fsp3) is 0.393. The highest BCUT2D eigenvalue weighted by molar-refractivity contribution is 14.9. The molecule has 0 saturated carbocycles. The first-order valence-electron chi connectivity index (χ1n) is 12.6. The van der Waals surface area contributed by atoms with Gasteiger partial charge < -0.3 is 14.8 Å². The van der Waals surface area contributed by atoms with Crippen molar-refractivity contribution in [2.24, 2.45) is 0 Å². The maximum absolute atomic E-state index is 12.2. The van der Waals surface area contributed by atoms with Gasteiger partial charge in [0.2, 0.25) is 5.95 Å². The van der Waals surface area contributed by atoms with Gasteiger partial charge in [0.25, 0.3) is 0 Å². The average molecular weight is 869 g/mol. The molecule has 3 heterocycles. The molecule has 0 spiro atoms. The number of rotatable bonds is 10. The van der Waals surface area contributed by atoms with E-state index in [4.69, 9.17) is 14.5 Å². The third kappa shape index (κ3) is 8.76. The van der Waals surface area contributed by atoms with Crippen LogP contribution in [0.25, 0.3) is 11.1 Å². The zero-order valence-electron chi connectivity index (χ0n) is 22.7. The van der Waals surface area contributed by atoms with Crippen molar-refractivity contribution in [2.45, 2.75) is 58.2 Å². The number of alkyl halides is 3. The zero-order chi connectivity index (χ0) is 28.2. The lowest BCUT2D eigenvalue weighted by Gasteiger charge is -2.24. The molecule has 8 nitrogen and oxygen atoms in total. The third-order valence-corrected chi connectivity index (χ3v) is 37.2. The highest BCUT2D eigenvalue weighted by Gasteiger charge is 2.37. The van der Waals surface area contributed by atoms with Crippen molar-refractivity contribution in [1.82, 2.24) is 15.0 Å². The Kier molecular flexibility index (Phi) is 10.2. The maximum atomic E-state index is 12.2. The molecule has 210 valence electrons. The van der Waals surface area contributed by atoms with Gasteiger partial charge in [-0.2, -0.15) is 4.98 Å². The van der Waals surface area contributed by atoms with Crippen LogP contribution in [-0.2, 0) is 8.91 Å². The van der Waals surface area contributed by atoms with Crippen molar-refractivity contribution >= 4 is 76.3 Å². The molecule has 0 bridgehead atoms. The number of ether oxygens (including phenoxy) is 2.